The molecular formula is C11H22O2. The van der Waals surface area contributed by atoms with Gasteiger partial charge in [0.1, 0.15) is 0 Å². The van der Waals surface area contributed by atoms with Gasteiger partial charge in [0, 0.05) is 13.2 Å². The van der Waals surface area contributed by atoms with Crippen molar-refractivity contribution < 1.29 is 9.84 Å². The summed E-state index contributed by atoms with van der Waals surface area (Å²) in [6.07, 6.45) is 4.97. The molecule has 2 heteroatoms. The third-order valence-electron chi connectivity index (χ3n) is 3.25. The molecule has 1 N–H and O–H groups in total. The maximum Gasteiger partial charge on any atom is 0.0694 e. The first-order chi connectivity index (χ1) is 6.20. The minimum absolute atomic E-state index is 0.422. The molecule has 13 heavy (non-hydrogen) atoms. The molecule has 78 valence electrons. The van der Waals surface area contributed by atoms with Crippen LogP contribution in [0.15, 0.2) is 0 Å². The molecule has 2 nitrogen and oxygen atoms in total. The molecule has 1 aliphatic heterocycles. The smallest absolute Gasteiger partial charge is 0.0694 e. The first-order valence-electron chi connectivity index (χ1n) is 5.50. The van der Waals surface area contributed by atoms with Gasteiger partial charge in [0.25, 0.3) is 0 Å². The summed E-state index contributed by atoms with van der Waals surface area (Å²) in [5, 5.41) is 10.2. The summed E-state index contributed by atoms with van der Waals surface area (Å²) in [5.41, 5.74) is -0.422. The van der Waals surface area contributed by atoms with Gasteiger partial charge in [-0.05, 0) is 25.2 Å². The molecule has 1 saturated heterocycles. The molecule has 0 aliphatic carbocycles. The monoisotopic (exact) mass is 186 g/mol. The van der Waals surface area contributed by atoms with Gasteiger partial charge >= 0.3 is 0 Å². The molecule has 0 spiro atoms. The van der Waals surface area contributed by atoms with Crippen LogP contribution in [0.2, 0.25) is 0 Å². The molecule has 0 amide bonds. The van der Waals surface area contributed by atoms with Crippen molar-refractivity contribution in [2.24, 2.45) is 5.92 Å². The normalized spacial score (nSPS) is 22.2. The van der Waals surface area contributed by atoms with Gasteiger partial charge in [-0.3, -0.25) is 0 Å². The van der Waals surface area contributed by atoms with Crippen LogP contribution in [0.1, 0.15) is 46.0 Å². The molecule has 0 unspecified atom stereocenters. The van der Waals surface area contributed by atoms with E-state index in [2.05, 4.69) is 13.8 Å². The highest BCUT2D eigenvalue weighted by Gasteiger charge is 2.31. The topological polar surface area (TPSA) is 29.5 Å². The fourth-order valence-electron chi connectivity index (χ4n) is 2.07. The first-order valence-corrected chi connectivity index (χ1v) is 5.50. The fraction of sp³-hybridized carbons (Fsp3) is 1.00. The Kier molecular flexibility index (Phi) is 4.20. The summed E-state index contributed by atoms with van der Waals surface area (Å²) < 4.78 is 5.25. The Balaban J connectivity index is 2.39. The largest absolute Gasteiger partial charge is 0.390 e. The SMILES string of the molecule is CCC(CC)CC1(O)CCOCC1. The molecule has 0 aromatic rings. The van der Waals surface area contributed by atoms with E-state index in [1.165, 1.54) is 12.8 Å². The molecule has 0 atom stereocenters. The second kappa shape index (κ2) is 4.97. The number of hydrogen-bond acceptors (Lipinski definition) is 2. The molecule has 0 aromatic heterocycles. The van der Waals surface area contributed by atoms with Gasteiger partial charge in [0.2, 0.25) is 0 Å². The third-order valence-corrected chi connectivity index (χ3v) is 3.25. The zero-order chi connectivity index (χ0) is 9.73. The highest BCUT2D eigenvalue weighted by atomic mass is 16.5. The molecule has 1 aliphatic rings. The van der Waals surface area contributed by atoms with Crippen LogP contribution in [0.5, 0.6) is 0 Å². The molecular weight excluding hydrogens is 164 g/mol. The first kappa shape index (κ1) is 11.0. The number of aliphatic hydroxyl groups is 1. The lowest BCUT2D eigenvalue weighted by Gasteiger charge is -2.34. The van der Waals surface area contributed by atoms with Crippen LogP contribution in [0.4, 0.5) is 0 Å². The maximum atomic E-state index is 10.2. The number of hydrogen-bond donors (Lipinski definition) is 1. The van der Waals surface area contributed by atoms with Crippen molar-refractivity contribution in [3.8, 4) is 0 Å². The Hall–Kier alpha value is -0.0800. The van der Waals surface area contributed by atoms with Crippen LogP contribution in [0, 0.1) is 5.92 Å². The second-order valence-corrected chi connectivity index (χ2v) is 4.22. The van der Waals surface area contributed by atoms with Gasteiger partial charge in [-0.15, -0.1) is 0 Å². The summed E-state index contributed by atoms with van der Waals surface area (Å²) >= 11 is 0. The lowest BCUT2D eigenvalue weighted by atomic mass is 9.82. The minimum Gasteiger partial charge on any atom is -0.390 e. The van der Waals surface area contributed by atoms with E-state index >= 15 is 0 Å². The minimum atomic E-state index is -0.422. The number of ether oxygens (including phenoxy) is 1. The van der Waals surface area contributed by atoms with Crippen molar-refractivity contribution >= 4 is 0 Å². The van der Waals surface area contributed by atoms with E-state index in [1.807, 2.05) is 0 Å². The van der Waals surface area contributed by atoms with E-state index in [9.17, 15) is 5.11 Å². The Morgan fingerprint density at radius 3 is 2.23 bits per heavy atom. The van der Waals surface area contributed by atoms with E-state index < -0.39 is 5.60 Å². The molecule has 0 aromatic carbocycles. The Morgan fingerprint density at radius 2 is 1.77 bits per heavy atom. The summed E-state index contributed by atoms with van der Waals surface area (Å²) in [5.74, 6) is 0.683. The zero-order valence-corrected chi connectivity index (χ0v) is 8.88. The van der Waals surface area contributed by atoms with Crippen LogP contribution < -0.4 is 0 Å². The summed E-state index contributed by atoms with van der Waals surface area (Å²) in [6, 6.07) is 0. The van der Waals surface area contributed by atoms with Crippen LogP contribution >= 0.6 is 0 Å². The lowest BCUT2D eigenvalue weighted by Crippen LogP contribution is -2.37. The van der Waals surface area contributed by atoms with E-state index in [1.54, 1.807) is 0 Å². The van der Waals surface area contributed by atoms with Crippen molar-refractivity contribution in [3.63, 3.8) is 0 Å². The highest BCUT2D eigenvalue weighted by molar-refractivity contribution is 4.83. The Morgan fingerprint density at radius 1 is 1.23 bits per heavy atom. The summed E-state index contributed by atoms with van der Waals surface area (Å²) in [6.45, 7) is 5.88. The Bertz CT molecular complexity index is 135. The fourth-order valence-corrected chi connectivity index (χ4v) is 2.07. The van der Waals surface area contributed by atoms with Gasteiger partial charge in [-0.2, -0.15) is 0 Å². The van der Waals surface area contributed by atoms with Crippen LogP contribution in [-0.4, -0.2) is 23.9 Å². The van der Waals surface area contributed by atoms with Crippen LogP contribution in [0.3, 0.4) is 0 Å². The van der Waals surface area contributed by atoms with Crippen molar-refractivity contribution in [2.75, 3.05) is 13.2 Å². The quantitative estimate of drug-likeness (QED) is 0.730. The van der Waals surface area contributed by atoms with Crippen LogP contribution in [-0.2, 0) is 4.74 Å². The molecule has 0 radical (unpaired) electrons. The average molecular weight is 186 g/mol. The Labute approximate surface area is 81.3 Å². The molecule has 1 heterocycles. The van der Waals surface area contributed by atoms with Gasteiger partial charge in [-0.25, -0.2) is 0 Å². The van der Waals surface area contributed by atoms with Crippen molar-refractivity contribution in [1.82, 2.24) is 0 Å². The molecule has 0 saturated carbocycles. The van der Waals surface area contributed by atoms with Crippen LogP contribution in [0.25, 0.3) is 0 Å². The maximum absolute atomic E-state index is 10.2. The predicted molar refractivity (Wildman–Crippen MR) is 53.7 cm³/mol. The van der Waals surface area contributed by atoms with Crippen molar-refractivity contribution in [2.45, 2.75) is 51.6 Å². The van der Waals surface area contributed by atoms with E-state index in [0.29, 0.717) is 5.92 Å². The van der Waals surface area contributed by atoms with Gasteiger partial charge < -0.3 is 9.84 Å². The number of rotatable bonds is 4. The average Bonchev–Trinajstić information content (AvgIpc) is 2.15. The van der Waals surface area contributed by atoms with Gasteiger partial charge in [-0.1, -0.05) is 26.7 Å². The van der Waals surface area contributed by atoms with Crippen molar-refractivity contribution in [3.05, 3.63) is 0 Å². The van der Waals surface area contributed by atoms with E-state index in [-0.39, 0.29) is 0 Å². The van der Waals surface area contributed by atoms with Crippen molar-refractivity contribution in [1.29, 1.82) is 0 Å². The van der Waals surface area contributed by atoms with Gasteiger partial charge in [0.15, 0.2) is 0 Å². The molecule has 0 bridgehead atoms. The van der Waals surface area contributed by atoms with E-state index in [0.717, 1.165) is 32.5 Å². The summed E-state index contributed by atoms with van der Waals surface area (Å²) in [7, 11) is 0. The zero-order valence-electron chi connectivity index (χ0n) is 8.88. The molecule has 1 fully saturated rings. The third kappa shape index (κ3) is 3.28. The van der Waals surface area contributed by atoms with Gasteiger partial charge in [0.05, 0.1) is 5.60 Å². The lowest BCUT2D eigenvalue weighted by molar-refractivity contribution is -0.0767. The second-order valence-electron chi connectivity index (χ2n) is 4.22. The summed E-state index contributed by atoms with van der Waals surface area (Å²) in [4.78, 5) is 0. The highest BCUT2D eigenvalue weighted by Crippen LogP contribution is 2.30. The molecule has 1 rings (SSSR count). The predicted octanol–water partition coefficient (Wildman–Crippen LogP) is 2.35. The standard InChI is InChI=1S/C11H22O2/c1-3-10(4-2)9-11(12)5-7-13-8-6-11/h10,12H,3-9H2,1-2H3. The van der Waals surface area contributed by atoms with E-state index in [4.69, 9.17) is 4.74 Å².